The van der Waals surface area contributed by atoms with E-state index in [0.29, 0.717) is 10.8 Å². The molecule has 7 nitrogen and oxygen atoms in total. The van der Waals surface area contributed by atoms with Crippen molar-refractivity contribution >= 4 is 21.6 Å². The first-order chi connectivity index (χ1) is 12.0. The van der Waals surface area contributed by atoms with Crippen LogP contribution in [0.1, 0.15) is 31.7 Å². The Morgan fingerprint density at radius 3 is 2.52 bits per heavy atom. The second-order valence-electron chi connectivity index (χ2n) is 6.52. The molecule has 9 heteroatoms. The van der Waals surface area contributed by atoms with Crippen molar-refractivity contribution in [3.8, 4) is 5.75 Å². The number of methoxy groups -OCH3 is 1. The van der Waals surface area contributed by atoms with Crippen molar-refractivity contribution in [2.45, 2.75) is 48.7 Å². The fourth-order valence-electron chi connectivity index (χ4n) is 4.09. The molecule has 0 aliphatic carbocycles. The van der Waals surface area contributed by atoms with E-state index in [1.165, 1.54) is 13.2 Å². The van der Waals surface area contributed by atoms with Crippen LogP contribution in [0.2, 0.25) is 5.02 Å². The van der Waals surface area contributed by atoms with E-state index in [4.69, 9.17) is 16.3 Å². The van der Waals surface area contributed by atoms with E-state index in [2.05, 4.69) is 10.3 Å². The standard InChI is InChI=1S/C16H19ClN4O3S/c1-24-15-5-2-11(17)8-16(15)25(22,23)21-12-3-4-13(21)10-14(9-12)20-7-6-18-19-20/h2,5-8,12-14H,3-4,9-10H2,1H3. The van der Waals surface area contributed by atoms with Crippen molar-refractivity contribution in [2.24, 2.45) is 0 Å². The molecule has 0 amide bonds. The fourth-order valence-corrected chi connectivity index (χ4v) is 6.40. The molecule has 4 rings (SSSR count). The summed E-state index contributed by atoms with van der Waals surface area (Å²) in [6.45, 7) is 0. The predicted molar refractivity (Wildman–Crippen MR) is 92.1 cm³/mol. The maximum atomic E-state index is 13.3. The Morgan fingerprint density at radius 2 is 1.92 bits per heavy atom. The number of hydrogen-bond acceptors (Lipinski definition) is 5. The fraction of sp³-hybridized carbons (Fsp3) is 0.500. The minimum Gasteiger partial charge on any atom is -0.495 e. The Bertz CT molecular complexity index is 858. The Labute approximate surface area is 151 Å². The third kappa shape index (κ3) is 2.82. The number of benzene rings is 1. The first-order valence-electron chi connectivity index (χ1n) is 8.23. The number of hydrogen-bond donors (Lipinski definition) is 0. The van der Waals surface area contributed by atoms with Crippen LogP contribution in [0.4, 0.5) is 0 Å². The van der Waals surface area contributed by atoms with Gasteiger partial charge in [0.2, 0.25) is 10.0 Å². The normalized spacial score (nSPS) is 26.7. The number of ether oxygens (including phenoxy) is 1. The maximum Gasteiger partial charge on any atom is 0.247 e. The Balaban J connectivity index is 1.68. The summed E-state index contributed by atoms with van der Waals surface area (Å²) in [6, 6.07) is 4.80. The third-order valence-corrected chi connectivity index (χ3v) is 7.40. The molecule has 2 fully saturated rings. The van der Waals surface area contributed by atoms with Crippen LogP contribution in [0.3, 0.4) is 0 Å². The van der Waals surface area contributed by atoms with Crippen LogP contribution < -0.4 is 4.74 Å². The van der Waals surface area contributed by atoms with Gasteiger partial charge in [-0.2, -0.15) is 4.31 Å². The molecule has 2 unspecified atom stereocenters. The number of nitrogens with zero attached hydrogens (tertiary/aromatic N) is 4. The summed E-state index contributed by atoms with van der Waals surface area (Å²) in [6.07, 6.45) is 6.69. The van der Waals surface area contributed by atoms with Gasteiger partial charge in [0.1, 0.15) is 10.6 Å². The highest BCUT2D eigenvalue weighted by atomic mass is 35.5. The quantitative estimate of drug-likeness (QED) is 0.811. The molecule has 1 aromatic carbocycles. The van der Waals surface area contributed by atoms with Crippen LogP contribution in [0.25, 0.3) is 0 Å². The van der Waals surface area contributed by atoms with Crippen LogP contribution in [-0.2, 0) is 10.0 Å². The summed E-state index contributed by atoms with van der Waals surface area (Å²) in [4.78, 5) is 0.138. The lowest BCUT2D eigenvalue weighted by atomic mass is 10.00. The maximum absolute atomic E-state index is 13.3. The van der Waals surface area contributed by atoms with Crippen molar-refractivity contribution in [3.05, 3.63) is 35.6 Å². The summed E-state index contributed by atoms with van der Waals surface area (Å²) >= 11 is 6.04. The SMILES string of the molecule is COc1ccc(Cl)cc1S(=O)(=O)N1C2CCC1CC(n1ccnn1)C2. The molecule has 3 heterocycles. The Morgan fingerprint density at radius 1 is 1.20 bits per heavy atom. The lowest BCUT2D eigenvalue weighted by Crippen LogP contribution is -2.46. The Hall–Kier alpha value is -1.64. The van der Waals surface area contributed by atoms with E-state index >= 15 is 0 Å². The van der Waals surface area contributed by atoms with Gasteiger partial charge in [0.15, 0.2) is 0 Å². The van der Waals surface area contributed by atoms with Crippen LogP contribution in [-0.4, -0.2) is 46.9 Å². The zero-order valence-electron chi connectivity index (χ0n) is 13.7. The average Bonchev–Trinajstić information content (AvgIpc) is 3.22. The first-order valence-corrected chi connectivity index (χ1v) is 10.1. The monoisotopic (exact) mass is 382 g/mol. The zero-order chi connectivity index (χ0) is 17.6. The van der Waals surface area contributed by atoms with Crippen molar-refractivity contribution in [3.63, 3.8) is 0 Å². The average molecular weight is 383 g/mol. The number of aromatic nitrogens is 3. The van der Waals surface area contributed by atoms with Crippen LogP contribution >= 0.6 is 11.6 Å². The van der Waals surface area contributed by atoms with Crippen molar-refractivity contribution in [2.75, 3.05) is 7.11 Å². The predicted octanol–water partition coefficient (Wildman–Crippen LogP) is 2.50. The van der Waals surface area contributed by atoms with Gasteiger partial charge in [-0.25, -0.2) is 13.1 Å². The second-order valence-corrected chi connectivity index (χ2v) is 8.77. The first kappa shape index (κ1) is 16.8. The van der Waals surface area contributed by atoms with E-state index in [0.717, 1.165) is 25.7 Å². The van der Waals surface area contributed by atoms with Crippen molar-refractivity contribution in [1.29, 1.82) is 0 Å². The van der Waals surface area contributed by atoms with E-state index in [-0.39, 0.29) is 23.0 Å². The van der Waals surface area contributed by atoms with E-state index in [1.54, 1.807) is 22.6 Å². The van der Waals surface area contributed by atoms with Crippen molar-refractivity contribution in [1.82, 2.24) is 19.3 Å². The highest BCUT2D eigenvalue weighted by Gasteiger charge is 2.48. The molecular formula is C16H19ClN4O3S. The van der Waals surface area contributed by atoms with Gasteiger partial charge in [0.25, 0.3) is 0 Å². The van der Waals surface area contributed by atoms with Gasteiger partial charge in [0, 0.05) is 23.3 Å². The molecule has 134 valence electrons. The number of halogens is 1. The van der Waals surface area contributed by atoms with Crippen LogP contribution in [0.5, 0.6) is 5.75 Å². The Kier molecular flexibility index (Phi) is 4.21. The topological polar surface area (TPSA) is 77.3 Å². The summed E-state index contributed by atoms with van der Waals surface area (Å²) in [7, 11) is -2.21. The molecular weight excluding hydrogens is 364 g/mol. The number of sulfonamides is 1. The summed E-state index contributed by atoms with van der Waals surface area (Å²) in [5.74, 6) is 0.321. The smallest absolute Gasteiger partial charge is 0.247 e. The van der Waals surface area contributed by atoms with Crippen molar-refractivity contribution < 1.29 is 13.2 Å². The largest absolute Gasteiger partial charge is 0.495 e. The molecule has 0 N–H and O–H groups in total. The van der Waals surface area contributed by atoms with E-state index in [9.17, 15) is 8.42 Å². The minimum atomic E-state index is -3.68. The van der Waals surface area contributed by atoms with Gasteiger partial charge in [-0.05, 0) is 43.9 Å². The van der Waals surface area contributed by atoms with E-state index < -0.39 is 10.0 Å². The lowest BCUT2D eigenvalue weighted by molar-refractivity contribution is 0.183. The molecule has 2 atom stereocenters. The second kappa shape index (κ2) is 6.26. The molecule has 0 spiro atoms. The van der Waals surface area contributed by atoms with Gasteiger partial charge in [0.05, 0.1) is 19.3 Å². The molecule has 2 aliphatic rings. The summed E-state index contributed by atoms with van der Waals surface area (Å²) in [5, 5.41) is 8.33. The van der Waals surface area contributed by atoms with Gasteiger partial charge in [-0.15, -0.1) is 5.10 Å². The highest BCUT2D eigenvalue weighted by Crippen LogP contribution is 2.44. The molecule has 25 heavy (non-hydrogen) atoms. The van der Waals surface area contributed by atoms with Gasteiger partial charge >= 0.3 is 0 Å². The van der Waals surface area contributed by atoms with Gasteiger partial charge in [-0.3, -0.25) is 0 Å². The lowest BCUT2D eigenvalue weighted by Gasteiger charge is -2.37. The summed E-state index contributed by atoms with van der Waals surface area (Å²) in [5.41, 5.74) is 0. The molecule has 2 aliphatic heterocycles. The molecule has 0 radical (unpaired) electrons. The van der Waals surface area contributed by atoms with E-state index in [1.807, 2.05) is 10.9 Å². The van der Waals surface area contributed by atoms with Crippen LogP contribution in [0.15, 0.2) is 35.5 Å². The number of fused-ring (bicyclic) bond motifs is 2. The third-order valence-electron chi connectivity index (χ3n) is 5.14. The van der Waals surface area contributed by atoms with Crippen LogP contribution in [0, 0.1) is 0 Å². The highest BCUT2D eigenvalue weighted by molar-refractivity contribution is 7.89. The van der Waals surface area contributed by atoms with Gasteiger partial charge in [-0.1, -0.05) is 16.8 Å². The molecule has 2 aromatic rings. The molecule has 2 saturated heterocycles. The molecule has 0 saturated carbocycles. The number of piperidine rings is 1. The number of rotatable bonds is 4. The molecule has 2 bridgehead atoms. The van der Waals surface area contributed by atoms with Gasteiger partial charge < -0.3 is 4.74 Å². The zero-order valence-corrected chi connectivity index (χ0v) is 15.3. The summed E-state index contributed by atoms with van der Waals surface area (Å²) < 4.78 is 35.4. The minimum absolute atomic E-state index is 0.0402. The molecule has 1 aromatic heterocycles.